The summed E-state index contributed by atoms with van der Waals surface area (Å²) in [6.45, 7) is 4.80. The van der Waals surface area contributed by atoms with Gasteiger partial charge in [0.2, 0.25) is 0 Å². The number of hydrogen-bond acceptors (Lipinski definition) is 2. The van der Waals surface area contributed by atoms with E-state index in [-0.39, 0.29) is 5.92 Å². The first-order valence-electron chi connectivity index (χ1n) is 3.89. The molecule has 0 aliphatic heterocycles. The highest BCUT2D eigenvalue weighted by Crippen LogP contribution is 2.00. The zero-order chi connectivity index (χ0) is 7.98. The fourth-order valence-electron chi connectivity index (χ4n) is 0.913. The highest BCUT2D eigenvalue weighted by atomic mass is 16.1. The number of hydrogen-bond donors (Lipinski definition) is 1. The minimum atomic E-state index is 0.185. The molecule has 0 aliphatic carbocycles. The standard InChI is InChI=1S/C8H17NO/c1-4-5-8(10)7(2)6-9-3/h7,9H,4-6H2,1-3H3. The molecule has 0 aromatic carbocycles. The van der Waals surface area contributed by atoms with Gasteiger partial charge in [0.25, 0.3) is 0 Å². The average molecular weight is 143 g/mol. The molecule has 0 heterocycles. The van der Waals surface area contributed by atoms with Crippen molar-refractivity contribution in [2.24, 2.45) is 5.92 Å². The van der Waals surface area contributed by atoms with Gasteiger partial charge in [0, 0.05) is 18.9 Å². The summed E-state index contributed by atoms with van der Waals surface area (Å²) in [6, 6.07) is 0. The second-order valence-electron chi connectivity index (χ2n) is 2.68. The van der Waals surface area contributed by atoms with Crippen molar-refractivity contribution in [3.63, 3.8) is 0 Å². The summed E-state index contributed by atoms with van der Waals surface area (Å²) in [5.74, 6) is 0.557. The number of carbonyl (C=O) groups excluding carboxylic acids is 1. The average Bonchev–Trinajstić information content (AvgIpc) is 1.89. The lowest BCUT2D eigenvalue weighted by Crippen LogP contribution is -2.23. The molecule has 0 spiro atoms. The van der Waals surface area contributed by atoms with Crippen LogP contribution in [-0.4, -0.2) is 19.4 Å². The van der Waals surface area contributed by atoms with Crippen LogP contribution in [0.15, 0.2) is 0 Å². The predicted octanol–water partition coefficient (Wildman–Crippen LogP) is 1.21. The maximum atomic E-state index is 11.1. The molecule has 0 aromatic heterocycles. The van der Waals surface area contributed by atoms with E-state index in [0.717, 1.165) is 19.4 Å². The maximum absolute atomic E-state index is 11.1. The summed E-state index contributed by atoms with van der Waals surface area (Å²) in [7, 11) is 1.87. The molecule has 0 aliphatic rings. The Labute approximate surface area is 63.0 Å². The van der Waals surface area contributed by atoms with Crippen molar-refractivity contribution in [3.05, 3.63) is 0 Å². The minimum absolute atomic E-state index is 0.185. The van der Waals surface area contributed by atoms with Crippen molar-refractivity contribution in [1.82, 2.24) is 5.32 Å². The maximum Gasteiger partial charge on any atom is 0.136 e. The van der Waals surface area contributed by atoms with Gasteiger partial charge in [-0.1, -0.05) is 13.8 Å². The zero-order valence-electron chi connectivity index (χ0n) is 7.11. The Morgan fingerprint density at radius 1 is 1.60 bits per heavy atom. The molecule has 2 heteroatoms. The Kier molecular flexibility index (Phi) is 5.22. The van der Waals surface area contributed by atoms with E-state index in [4.69, 9.17) is 0 Å². The van der Waals surface area contributed by atoms with Crippen LogP contribution in [0.25, 0.3) is 0 Å². The van der Waals surface area contributed by atoms with Crippen LogP contribution in [0.5, 0.6) is 0 Å². The number of carbonyl (C=O) groups is 1. The van der Waals surface area contributed by atoms with Crippen molar-refractivity contribution < 1.29 is 4.79 Å². The van der Waals surface area contributed by atoms with Crippen molar-refractivity contribution in [2.45, 2.75) is 26.7 Å². The number of Topliss-reactive ketones (excluding diaryl/α,β-unsaturated/α-hetero) is 1. The first-order chi connectivity index (χ1) is 4.72. The molecule has 1 atom stereocenters. The molecule has 0 bridgehead atoms. The summed E-state index contributed by atoms with van der Waals surface area (Å²) >= 11 is 0. The van der Waals surface area contributed by atoms with Gasteiger partial charge in [-0.2, -0.15) is 0 Å². The number of rotatable bonds is 5. The molecule has 0 radical (unpaired) electrons. The third-order valence-electron chi connectivity index (χ3n) is 1.56. The second kappa shape index (κ2) is 5.42. The van der Waals surface area contributed by atoms with Gasteiger partial charge >= 0.3 is 0 Å². The van der Waals surface area contributed by atoms with E-state index in [1.807, 2.05) is 20.9 Å². The van der Waals surface area contributed by atoms with Crippen LogP contribution in [0, 0.1) is 5.92 Å². The SMILES string of the molecule is CCCC(=O)C(C)CNC. The van der Waals surface area contributed by atoms with Crippen molar-refractivity contribution in [2.75, 3.05) is 13.6 Å². The second-order valence-corrected chi connectivity index (χ2v) is 2.68. The summed E-state index contributed by atoms with van der Waals surface area (Å²) in [5, 5.41) is 2.99. The van der Waals surface area contributed by atoms with Crippen LogP contribution in [-0.2, 0) is 4.79 Å². The fraction of sp³-hybridized carbons (Fsp3) is 0.875. The molecular formula is C8H17NO. The van der Waals surface area contributed by atoms with Crippen LogP contribution in [0.2, 0.25) is 0 Å². The first kappa shape index (κ1) is 9.63. The summed E-state index contributed by atoms with van der Waals surface area (Å²) in [6.07, 6.45) is 1.69. The van der Waals surface area contributed by atoms with Crippen LogP contribution < -0.4 is 5.32 Å². The van der Waals surface area contributed by atoms with E-state index in [9.17, 15) is 4.79 Å². The summed E-state index contributed by atoms with van der Waals surface area (Å²) in [4.78, 5) is 11.1. The molecule has 1 N–H and O–H groups in total. The normalized spacial score (nSPS) is 13.1. The van der Waals surface area contributed by atoms with Gasteiger partial charge in [-0.15, -0.1) is 0 Å². The summed E-state index contributed by atoms with van der Waals surface area (Å²) < 4.78 is 0. The first-order valence-corrected chi connectivity index (χ1v) is 3.89. The molecule has 2 nitrogen and oxygen atoms in total. The van der Waals surface area contributed by atoms with E-state index in [1.165, 1.54) is 0 Å². The molecular weight excluding hydrogens is 126 g/mol. The monoisotopic (exact) mass is 143 g/mol. The Morgan fingerprint density at radius 2 is 2.20 bits per heavy atom. The molecule has 0 saturated heterocycles. The third kappa shape index (κ3) is 3.62. The lowest BCUT2D eigenvalue weighted by atomic mass is 10.0. The predicted molar refractivity (Wildman–Crippen MR) is 43.0 cm³/mol. The molecule has 0 saturated carbocycles. The quantitative estimate of drug-likeness (QED) is 0.626. The number of ketones is 1. The van der Waals surface area contributed by atoms with Gasteiger partial charge in [-0.05, 0) is 13.5 Å². The fourth-order valence-corrected chi connectivity index (χ4v) is 0.913. The molecule has 0 aromatic rings. The van der Waals surface area contributed by atoms with Crippen LogP contribution in [0.3, 0.4) is 0 Å². The largest absolute Gasteiger partial charge is 0.319 e. The third-order valence-corrected chi connectivity index (χ3v) is 1.56. The Hall–Kier alpha value is -0.370. The van der Waals surface area contributed by atoms with Gasteiger partial charge in [0.05, 0.1) is 0 Å². The Morgan fingerprint density at radius 3 is 2.60 bits per heavy atom. The van der Waals surface area contributed by atoms with Crippen LogP contribution in [0.4, 0.5) is 0 Å². The molecule has 60 valence electrons. The molecule has 10 heavy (non-hydrogen) atoms. The van der Waals surface area contributed by atoms with Crippen molar-refractivity contribution in [1.29, 1.82) is 0 Å². The van der Waals surface area contributed by atoms with E-state index in [0.29, 0.717) is 5.78 Å². The molecule has 0 amide bonds. The van der Waals surface area contributed by atoms with Gasteiger partial charge in [0.1, 0.15) is 5.78 Å². The smallest absolute Gasteiger partial charge is 0.136 e. The van der Waals surface area contributed by atoms with E-state index >= 15 is 0 Å². The highest BCUT2D eigenvalue weighted by Gasteiger charge is 2.09. The molecule has 0 rings (SSSR count). The van der Waals surface area contributed by atoms with Gasteiger partial charge in [0.15, 0.2) is 0 Å². The minimum Gasteiger partial charge on any atom is -0.319 e. The molecule has 1 unspecified atom stereocenters. The lowest BCUT2D eigenvalue weighted by molar-refractivity contribution is -0.122. The van der Waals surface area contributed by atoms with E-state index < -0.39 is 0 Å². The molecule has 0 fully saturated rings. The van der Waals surface area contributed by atoms with Gasteiger partial charge < -0.3 is 5.32 Å². The van der Waals surface area contributed by atoms with Crippen LogP contribution in [0.1, 0.15) is 26.7 Å². The Bertz CT molecular complexity index is 101. The van der Waals surface area contributed by atoms with E-state index in [1.54, 1.807) is 0 Å². The van der Waals surface area contributed by atoms with Gasteiger partial charge in [-0.25, -0.2) is 0 Å². The van der Waals surface area contributed by atoms with Crippen molar-refractivity contribution >= 4 is 5.78 Å². The lowest BCUT2D eigenvalue weighted by Gasteiger charge is -2.07. The topological polar surface area (TPSA) is 29.1 Å². The van der Waals surface area contributed by atoms with Crippen LogP contribution >= 0.6 is 0 Å². The van der Waals surface area contributed by atoms with Gasteiger partial charge in [-0.3, -0.25) is 4.79 Å². The number of nitrogens with one attached hydrogen (secondary N) is 1. The highest BCUT2D eigenvalue weighted by molar-refractivity contribution is 5.80. The Balaban J connectivity index is 3.49. The summed E-state index contributed by atoms with van der Waals surface area (Å²) in [5.41, 5.74) is 0. The van der Waals surface area contributed by atoms with E-state index in [2.05, 4.69) is 5.32 Å². The van der Waals surface area contributed by atoms with Crippen molar-refractivity contribution in [3.8, 4) is 0 Å². The zero-order valence-corrected chi connectivity index (χ0v) is 7.11.